The largest absolute Gasteiger partial charge is 0.504 e. The van der Waals surface area contributed by atoms with Crippen LogP contribution in [0.1, 0.15) is 24.3 Å². The topological polar surface area (TPSA) is 101 Å². The van der Waals surface area contributed by atoms with Crippen molar-refractivity contribution in [1.82, 2.24) is 0 Å². The van der Waals surface area contributed by atoms with Crippen LogP contribution in [-0.4, -0.2) is 35.6 Å². The summed E-state index contributed by atoms with van der Waals surface area (Å²) in [5, 5.41) is 11.0. The van der Waals surface area contributed by atoms with Crippen molar-refractivity contribution in [2.45, 2.75) is 18.8 Å². The number of halogens is 2. The monoisotopic (exact) mass is 593 g/mol. The number of imide groups is 1. The molecule has 0 saturated carbocycles. The molecule has 0 radical (unpaired) electrons. The number of allylic oxidation sites excluding steroid dienone is 6. The molecule has 1 heterocycles. The van der Waals surface area contributed by atoms with E-state index in [0.29, 0.717) is 33.8 Å². The lowest BCUT2D eigenvalue weighted by Gasteiger charge is -2.42. The van der Waals surface area contributed by atoms with Gasteiger partial charge in [0.05, 0.1) is 29.1 Å². The SMILES string of the molecule is COc1ccc([C@H]2C3=CC[C@@H]4C(=O)N(c5ccc(Cl)cc5)C(=O)[C@@H]4[C@@H]3CC3=C2C(=O)C=C(Br)C3=O)cc1O. The van der Waals surface area contributed by atoms with Crippen molar-refractivity contribution in [3.05, 3.63) is 86.4 Å². The fraction of sp³-hybridized carbons (Fsp3) is 0.241. The first kappa shape index (κ1) is 24.8. The third kappa shape index (κ3) is 3.61. The van der Waals surface area contributed by atoms with Crippen LogP contribution in [0.15, 0.2) is 75.8 Å². The Labute approximate surface area is 231 Å². The number of Topliss-reactive ketones (excluding diaryl/α,β-unsaturated/α-hetero) is 1. The van der Waals surface area contributed by atoms with Crippen LogP contribution in [0, 0.1) is 17.8 Å². The maximum Gasteiger partial charge on any atom is 0.238 e. The molecular formula is C29H21BrClNO6. The summed E-state index contributed by atoms with van der Waals surface area (Å²) in [5.41, 5.74) is 2.53. The Balaban J connectivity index is 1.48. The van der Waals surface area contributed by atoms with E-state index in [4.69, 9.17) is 16.3 Å². The number of fused-ring (bicyclic) bond motifs is 3. The lowest BCUT2D eigenvalue weighted by molar-refractivity contribution is -0.123. The summed E-state index contributed by atoms with van der Waals surface area (Å²) in [6.07, 6.45) is 3.70. The molecule has 3 aliphatic carbocycles. The van der Waals surface area contributed by atoms with E-state index in [2.05, 4.69) is 15.9 Å². The number of rotatable bonds is 3. The van der Waals surface area contributed by atoms with Crippen LogP contribution in [0.4, 0.5) is 5.69 Å². The minimum Gasteiger partial charge on any atom is -0.504 e. The van der Waals surface area contributed by atoms with E-state index < -0.39 is 23.7 Å². The normalized spacial score (nSPS) is 26.6. The average molecular weight is 595 g/mol. The highest BCUT2D eigenvalue weighted by Crippen LogP contribution is 2.56. The number of phenols is 1. The number of anilines is 1. The predicted octanol–water partition coefficient (Wildman–Crippen LogP) is 5.02. The smallest absolute Gasteiger partial charge is 0.238 e. The highest BCUT2D eigenvalue weighted by molar-refractivity contribution is 9.12. The Morgan fingerprint density at radius 1 is 1.03 bits per heavy atom. The van der Waals surface area contributed by atoms with Gasteiger partial charge in [-0.2, -0.15) is 0 Å². The fourth-order valence-electron chi connectivity index (χ4n) is 6.32. The van der Waals surface area contributed by atoms with E-state index in [-0.39, 0.29) is 45.8 Å². The van der Waals surface area contributed by atoms with Gasteiger partial charge in [0, 0.05) is 28.2 Å². The Hall–Kier alpha value is -3.49. The number of aromatic hydroxyl groups is 1. The van der Waals surface area contributed by atoms with Gasteiger partial charge in [-0.1, -0.05) is 29.3 Å². The first-order chi connectivity index (χ1) is 18.2. The number of hydrogen-bond donors (Lipinski definition) is 1. The van der Waals surface area contributed by atoms with Gasteiger partial charge in [-0.3, -0.25) is 24.1 Å². The molecule has 2 aromatic carbocycles. The van der Waals surface area contributed by atoms with Crippen LogP contribution < -0.4 is 9.64 Å². The van der Waals surface area contributed by atoms with E-state index in [0.717, 1.165) is 5.57 Å². The second kappa shape index (κ2) is 9.06. The second-order valence-electron chi connectivity index (χ2n) is 9.81. The number of methoxy groups -OCH3 is 1. The highest BCUT2D eigenvalue weighted by Gasteiger charge is 2.56. The van der Waals surface area contributed by atoms with Crippen molar-refractivity contribution in [2.24, 2.45) is 17.8 Å². The third-order valence-electron chi connectivity index (χ3n) is 7.95. The number of ether oxygens (including phenoxy) is 1. The summed E-state index contributed by atoms with van der Waals surface area (Å²) in [6, 6.07) is 11.4. The molecule has 6 rings (SSSR count). The van der Waals surface area contributed by atoms with Crippen molar-refractivity contribution >= 4 is 56.6 Å². The van der Waals surface area contributed by atoms with Crippen LogP contribution in [0.3, 0.4) is 0 Å². The molecule has 0 aromatic heterocycles. The molecule has 1 N–H and O–H groups in total. The average Bonchev–Trinajstić information content (AvgIpc) is 3.16. The number of amides is 2. The Bertz CT molecular complexity index is 1540. The number of benzene rings is 2. The Morgan fingerprint density at radius 2 is 1.76 bits per heavy atom. The maximum atomic E-state index is 13.8. The molecule has 7 nitrogen and oxygen atoms in total. The van der Waals surface area contributed by atoms with Gasteiger partial charge in [0.15, 0.2) is 23.1 Å². The molecule has 1 saturated heterocycles. The van der Waals surface area contributed by atoms with Crippen molar-refractivity contribution in [1.29, 1.82) is 0 Å². The molecule has 4 aliphatic rings. The standard InChI is InChI=1S/C29H21BrClNO6/c1-38-23-9-2-13(10-21(23)33)24-16-7-8-17-25(18(16)11-19-26(24)22(34)12-20(30)27(19)35)29(37)32(28(17)36)15-5-3-14(31)4-6-15/h2-7,9-10,12,17-18,24-25,33H,8,11H2,1H3/t17-,18+,24-,25-/m0/s1. The number of hydrogen-bond acceptors (Lipinski definition) is 6. The molecule has 2 amide bonds. The Kier molecular flexibility index (Phi) is 5.92. The zero-order valence-electron chi connectivity index (χ0n) is 20.1. The quantitative estimate of drug-likeness (QED) is 0.304. The van der Waals surface area contributed by atoms with Gasteiger partial charge in [0.2, 0.25) is 11.8 Å². The van der Waals surface area contributed by atoms with Crippen molar-refractivity contribution < 1.29 is 29.0 Å². The van der Waals surface area contributed by atoms with E-state index in [9.17, 15) is 24.3 Å². The molecule has 0 bridgehead atoms. The summed E-state index contributed by atoms with van der Waals surface area (Å²) in [7, 11) is 1.44. The van der Waals surface area contributed by atoms with Crippen LogP contribution in [0.5, 0.6) is 11.5 Å². The Morgan fingerprint density at radius 3 is 2.45 bits per heavy atom. The first-order valence-electron chi connectivity index (χ1n) is 12.1. The molecule has 9 heteroatoms. The molecule has 192 valence electrons. The van der Waals surface area contributed by atoms with Crippen molar-refractivity contribution in [2.75, 3.05) is 12.0 Å². The zero-order valence-corrected chi connectivity index (χ0v) is 22.5. The first-order valence-corrected chi connectivity index (χ1v) is 13.3. The molecule has 4 atom stereocenters. The van der Waals surface area contributed by atoms with Crippen LogP contribution in [0.25, 0.3) is 0 Å². The van der Waals surface area contributed by atoms with Crippen molar-refractivity contribution in [3.8, 4) is 11.5 Å². The van der Waals surface area contributed by atoms with Crippen LogP contribution >= 0.6 is 27.5 Å². The van der Waals surface area contributed by atoms with Gasteiger partial charge in [-0.15, -0.1) is 0 Å². The number of ketones is 2. The van der Waals surface area contributed by atoms with Gasteiger partial charge in [-0.05, 0) is 76.7 Å². The van der Waals surface area contributed by atoms with Gasteiger partial charge >= 0.3 is 0 Å². The second-order valence-corrected chi connectivity index (χ2v) is 11.1. The number of carbonyl (C=O) groups is 4. The molecule has 2 aromatic rings. The summed E-state index contributed by atoms with van der Waals surface area (Å²) >= 11 is 9.24. The molecule has 0 spiro atoms. The van der Waals surface area contributed by atoms with E-state index in [1.807, 2.05) is 6.08 Å². The summed E-state index contributed by atoms with van der Waals surface area (Å²) in [6.45, 7) is 0. The van der Waals surface area contributed by atoms with Gasteiger partial charge in [-0.25, -0.2) is 0 Å². The molecular weight excluding hydrogens is 574 g/mol. The molecule has 0 unspecified atom stereocenters. The third-order valence-corrected chi connectivity index (χ3v) is 8.79. The lowest BCUT2D eigenvalue weighted by Crippen LogP contribution is -2.39. The minimum atomic E-state index is -0.686. The maximum absolute atomic E-state index is 13.8. The van der Waals surface area contributed by atoms with E-state index >= 15 is 0 Å². The fourth-order valence-corrected chi connectivity index (χ4v) is 6.89. The summed E-state index contributed by atoms with van der Waals surface area (Å²) in [5.74, 6) is -3.44. The highest BCUT2D eigenvalue weighted by atomic mass is 79.9. The van der Waals surface area contributed by atoms with Crippen molar-refractivity contribution in [3.63, 3.8) is 0 Å². The lowest BCUT2D eigenvalue weighted by atomic mass is 9.59. The minimum absolute atomic E-state index is 0.101. The van der Waals surface area contributed by atoms with E-state index in [1.54, 1.807) is 36.4 Å². The van der Waals surface area contributed by atoms with Crippen LogP contribution in [-0.2, 0) is 19.2 Å². The zero-order chi connectivity index (χ0) is 26.9. The van der Waals surface area contributed by atoms with Gasteiger partial charge in [0.1, 0.15) is 0 Å². The molecule has 1 fully saturated rings. The van der Waals surface area contributed by atoms with Crippen LogP contribution in [0.2, 0.25) is 5.02 Å². The molecule has 38 heavy (non-hydrogen) atoms. The van der Waals surface area contributed by atoms with E-state index in [1.165, 1.54) is 24.2 Å². The number of nitrogens with zero attached hydrogens (tertiary/aromatic N) is 1. The summed E-state index contributed by atoms with van der Waals surface area (Å²) < 4.78 is 5.35. The predicted molar refractivity (Wildman–Crippen MR) is 143 cm³/mol. The number of carbonyl (C=O) groups excluding carboxylic acids is 4. The van der Waals surface area contributed by atoms with Gasteiger partial charge < -0.3 is 9.84 Å². The molecule has 1 aliphatic heterocycles. The summed E-state index contributed by atoms with van der Waals surface area (Å²) in [4.78, 5) is 55.1. The number of phenolic OH excluding ortho intramolecular Hbond substituents is 1. The van der Waals surface area contributed by atoms with Gasteiger partial charge in [0.25, 0.3) is 0 Å².